The summed E-state index contributed by atoms with van der Waals surface area (Å²) in [7, 11) is 0. The highest BCUT2D eigenvalue weighted by atomic mass is 32.1. The van der Waals surface area contributed by atoms with E-state index in [1.807, 2.05) is 18.2 Å². The van der Waals surface area contributed by atoms with Crippen LogP contribution in [0, 0.1) is 0 Å². The molecule has 4 aromatic rings. The lowest BCUT2D eigenvalue weighted by atomic mass is 10.2. The average molecular weight is 366 g/mol. The van der Waals surface area contributed by atoms with Gasteiger partial charge < -0.3 is 11.1 Å². The van der Waals surface area contributed by atoms with E-state index < -0.39 is 0 Å². The van der Waals surface area contributed by atoms with Gasteiger partial charge in [-0.25, -0.2) is 9.97 Å². The molecule has 0 atom stereocenters. The standard InChI is InChI=1S/C16H14N8OS/c17-13-12-10(15(25)19-6-4-9-7-20-24-23-9)8-26-16(12)22-14(21-13)11-3-1-2-5-18-11/h1-3,5,7-8H,4,6H2,(H,19,25)(H2,17,21,22)(H,20,23,24). The normalized spacial score (nSPS) is 10.9. The van der Waals surface area contributed by atoms with E-state index in [4.69, 9.17) is 5.73 Å². The summed E-state index contributed by atoms with van der Waals surface area (Å²) in [6.07, 6.45) is 3.87. The zero-order chi connectivity index (χ0) is 17.9. The first-order valence-corrected chi connectivity index (χ1v) is 8.69. The van der Waals surface area contributed by atoms with Gasteiger partial charge in [-0.15, -0.1) is 11.3 Å². The summed E-state index contributed by atoms with van der Waals surface area (Å²) in [5.74, 6) is 0.481. The Hall–Kier alpha value is -3.40. The number of anilines is 1. The second kappa shape index (κ2) is 6.84. The molecule has 0 unspecified atom stereocenters. The van der Waals surface area contributed by atoms with Gasteiger partial charge >= 0.3 is 0 Å². The van der Waals surface area contributed by atoms with Gasteiger partial charge in [0.1, 0.15) is 16.3 Å². The molecule has 0 aliphatic rings. The highest BCUT2D eigenvalue weighted by Crippen LogP contribution is 2.30. The molecule has 0 aliphatic heterocycles. The van der Waals surface area contributed by atoms with Crippen LogP contribution in [0.4, 0.5) is 5.82 Å². The van der Waals surface area contributed by atoms with Gasteiger partial charge in [0.05, 0.1) is 22.8 Å². The Labute approximate surface area is 151 Å². The van der Waals surface area contributed by atoms with Gasteiger partial charge in [0.15, 0.2) is 5.82 Å². The fourth-order valence-corrected chi connectivity index (χ4v) is 3.42. The molecule has 0 radical (unpaired) electrons. The van der Waals surface area contributed by atoms with Crippen LogP contribution < -0.4 is 11.1 Å². The second-order valence-electron chi connectivity index (χ2n) is 5.44. The van der Waals surface area contributed by atoms with Crippen LogP contribution >= 0.6 is 11.3 Å². The summed E-state index contributed by atoms with van der Waals surface area (Å²) in [4.78, 5) is 26.2. The van der Waals surface area contributed by atoms with Gasteiger partial charge in [-0.3, -0.25) is 9.78 Å². The molecule has 0 bridgehead atoms. The molecule has 0 saturated heterocycles. The number of rotatable bonds is 5. The minimum absolute atomic E-state index is 0.222. The lowest BCUT2D eigenvalue weighted by Gasteiger charge is -2.05. The molecule has 10 heteroatoms. The van der Waals surface area contributed by atoms with Crippen LogP contribution in [-0.2, 0) is 6.42 Å². The number of hydrogen-bond donors (Lipinski definition) is 3. The summed E-state index contributed by atoms with van der Waals surface area (Å²) in [6, 6.07) is 5.48. The summed E-state index contributed by atoms with van der Waals surface area (Å²) in [5.41, 5.74) is 7.99. The summed E-state index contributed by atoms with van der Waals surface area (Å²) in [5, 5.41) is 15.4. The zero-order valence-electron chi connectivity index (χ0n) is 13.5. The molecule has 130 valence electrons. The van der Waals surface area contributed by atoms with Crippen LogP contribution in [0.3, 0.4) is 0 Å². The van der Waals surface area contributed by atoms with E-state index >= 15 is 0 Å². The van der Waals surface area contributed by atoms with Gasteiger partial charge in [0.25, 0.3) is 5.91 Å². The van der Waals surface area contributed by atoms with Crippen molar-refractivity contribution >= 4 is 33.3 Å². The van der Waals surface area contributed by atoms with E-state index in [9.17, 15) is 4.79 Å². The average Bonchev–Trinajstić information content (AvgIpc) is 3.32. The number of thiophene rings is 1. The smallest absolute Gasteiger partial charge is 0.252 e. The van der Waals surface area contributed by atoms with Crippen molar-refractivity contribution in [2.24, 2.45) is 0 Å². The highest BCUT2D eigenvalue weighted by Gasteiger charge is 2.18. The Morgan fingerprint density at radius 3 is 3.00 bits per heavy atom. The molecular weight excluding hydrogens is 352 g/mol. The predicted molar refractivity (Wildman–Crippen MR) is 97.5 cm³/mol. The van der Waals surface area contributed by atoms with Gasteiger partial charge in [-0.05, 0) is 12.1 Å². The van der Waals surface area contributed by atoms with Gasteiger partial charge in [0, 0.05) is 24.5 Å². The Morgan fingerprint density at radius 1 is 1.31 bits per heavy atom. The molecule has 9 nitrogen and oxygen atoms in total. The first-order valence-electron chi connectivity index (χ1n) is 7.81. The Bertz CT molecular complexity index is 1050. The van der Waals surface area contributed by atoms with Crippen LogP contribution in [0.5, 0.6) is 0 Å². The van der Waals surface area contributed by atoms with Crippen LogP contribution in [0.25, 0.3) is 21.7 Å². The maximum atomic E-state index is 12.5. The van der Waals surface area contributed by atoms with Crippen molar-refractivity contribution in [1.82, 2.24) is 35.7 Å². The maximum absolute atomic E-state index is 12.5. The Morgan fingerprint density at radius 2 is 2.23 bits per heavy atom. The van der Waals surface area contributed by atoms with Crippen molar-refractivity contribution in [3.63, 3.8) is 0 Å². The molecule has 0 spiro atoms. The van der Waals surface area contributed by atoms with E-state index in [0.717, 1.165) is 5.69 Å². The number of amides is 1. The predicted octanol–water partition coefficient (Wildman–Crippen LogP) is 1.43. The number of nitrogens with zero attached hydrogens (tertiary/aromatic N) is 5. The third-order valence-corrected chi connectivity index (χ3v) is 4.60. The molecule has 26 heavy (non-hydrogen) atoms. The molecule has 0 aromatic carbocycles. The summed E-state index contributed by atoms with van der Waals surface area (Å²) < 4.78 is 0. The molecule has 4 N–H and O–H groups in total. The van der Waals surface area contributed by atoms with Crippen LogP contribution in [0.15, 0.2) is 36.0 Å². The van der Waals surface area contributed by atoms with Crippen molar-refractivity contribution in [2.75, 3.05) is 12.3 Å². The number of aromatic nitrogens is 6. The summed E-state index contributed by atoms with van der Waals surface area (Å²) in [6.45, 7) is 0.440. The number of hydrogen-bond acceptors (Lipinski definition) is 8. The number of nitrogens with two attached hydrogens (primary N) is 1. The number of pyridine rings is 1. The van der Waals surface area contributed by atoms with Crippen molar-refractivity contribution in [3.8, 4) is 11.5 Å². The lowest BCUT2D eigenvalue weighted by molar-refractivity contribution is 0.0956. The fraction of sp³-hybridized carbons (Fsp3) is 0.125. The van der Waals surface area contributed by atoms with Crippen molar-refractivity contribution < 1.29 is 4.79 Å². The molecule has 4 rings (SSSR count). The topological polar surface area (TPSA) is 135 Å². The molecule has 4 heterocycles. The van der Waals surface area contributed by atoms with E-state index in [0.29, 0.717) is 40.3 Å². The molecule has 0 aliphatic carbocycles. The van der Waals surface area contributed by atoms with Crippen LogP contribution in [-0.4, -0.2) is 42.8 Å². The number of nitrogens with one attached hydrogen (secondary N) is 2. The maximum Gasteiger partial charge on any atom is 0.252 e. The van der Waals surface area contributed by atoms with Crippen molar-refractivity contribution in [2.45, 2.75) is 6.42 Å². The fourth-order valence-electron chi connectivity index (χ4n) is 2.49. The number of nitrogen functional groups attached to an aromatic ring is 1. The van der Waals surface area contributed by atoms with E-state index in [1.165, 1.54) is 11.3 Å². The van der Waals surface area contributed by atoms with E-state index in [-0.39, 0.29) is 11.7 Å². The van der Waals surface area contributed by atoms with Crippen LogP contribution in [0.1, 0.15) is 16.1 Å². The molecule has 0 fully saturated rings. The largest absolute Gasteiger partial charge is 0.383 e. The lowest BCUT2D eigenvalue weighted by Crippen LogP contribution is -2.25. The quantitative estimate of drug-likeness (QED) is 0.486. The number of carbonyl (C=O) groups is 1. The number of H-pyrrole nitrogens is 1. The van der Waals surface area contributed by atoms with Crippen molar-refractivity contribution in [3.05, 3.63) is 47.2 Å². The Kier molecular flexibility index (Phi) is 4.23. The monoisotopic (exact) mass is 366 g/mol. The summed E-state index contributed by atoms with van der Waals surface area (Å²) >= 11 is 1.35. The van der Waals surface area contributed by atoms with Gasteiger partial charge in [0.2, 0.25) is 0 Å². The third-order valence-electron chi connectivity index (χ3n) is 3.73. The SMILES string of the molecule is Nc1nc(-c2ccccn2)nc2scc(C(=O)NCCc3cn[nH]n3)c12. The number of fused-ring (bicyclic) bond motifs is 1. The van der Waals surface area contributed by atoms with Gasteiger partial charge in [-0.1, -0.05) is 6.07 Å². The Balaban J connectivity index is 1.57. The first kappa shape index (κ1) is 16.1. The van der Waals surface area contributed by atoms with E-state index in [2.05, 4.69) is 35.7 Å². The number of aromatic amines is 1. The van der Waals surface area contributed by atoms with E-state index in [1.54, 1.807) is 17.8 Å². The number of carbonyl (C=O) groups excluding carboxylic acids is 1. The van der Waals surface area contributed by atoms with Gasteiger partial charge in [-0.2, -0.15) is 15.4 Å². The molecule has 0 saturated carbocycles. The molecule has 1 amide bonds. The van der Waals surface area contributed by atoms with Crippen LogP contribution in [0.2, 0.25) is 0 Å². The molecule has 4 aromatic heterocycles. The highest BCUT2D eigenvalue weighted by molar-refractivity contribution is 7.17. The zero-order valence-corrected chi connectivity index (χ0v) is 14.3. The minimum atomic E-state index is -0.222. The van der Waals surface area contributed by atoms with Crippen molar-refractivity contribution in [1.29, 1.82) is 0 Å². The molecular formula is C16H14N8OS. The third kappa shape index (κ3) is 3.09. The first-order chi connectivity index (χ1) is 12.7. The minimum Gasteiger partial charge on any atom is -0.383 e. The second-order valence-corrected chi connectivity index (χ2v) is 6.30.